The highest BCUT2D eigenvalue weighted by Crippen LogP contribution is 2.25. The highest BCUT2D eigenvalue weighted by Gasteiger charge is 2.04. The van der Waals surface area contributed by atoms with Crippen molar-refractivity contribution in [2.24, 2.45) is 0 Å². The Labute approximate surface area is 124 Å². The Hall–Kier alpha value is -1.46. The molecule has 1 N–H and O–H groups in total. The Kier molecular flexibility index (Phi) is 5.09. The van der Waals surface area contributed by atoms with Crippen LogP contribution in [0.2, 0.25) is 0 Å². The van der Waals surface area contributed by atoms with Crippen molar-refractivity contribution in [2.45, 2.75) is 13.1 Å². The van der Waals surface area contributed by atoms with Gasteiger partial charge in [0.25, 0.3) is 0 Å². The minimum atomic E-state index is -0.565. The number of hydrogen-bond acceptors (Lipinski definition) is 2. The van der Waals surface area contributed by atoms with Gasteiger partial charge in [0.2, 0.25) is 0 Å². The van der Waals surface area contributed by atoms with Gasteiger partial charge in [0.1, 0.15) is 17.4 Å². The van der Waals surface area contributed by atoms with Crippen molar-refractivity contribution in [1.29, 1.82) is 0 Å². The van der Waals surface area contributed by atoms with Crippen LogP contribution in [0, 0.1) is 11.6 Å². The normalized spacial score (nSPS) is 10.6. The summed E-state index contributed by atoms with van der Waals surface area (Å²) in [6, 6.07) is 9.32. The largest absolute Gasteiger partial charge is 0.496 e. The monoisotopic (exact) mass is 341 g/mol. The molecule has 0 radical (unpaired) electrons. The summed E-state index contributed by atoms with van der Waals surface area (Å²) >= 11 is 3.41. The van der Waals surface area contributed by atoms with Crippen LogP contribution in [0.4, 0.5) is 8.78 Å². The number of nitrogens with one attached hydrogen (secondary N) is 1. The number of halogens is 3. The Morgan fingerprint density at radius 3 is 2.55 bits per heavy atom. The minimum absolute atomic E-state index is 0.343. The van der Waals surface area contributed by atoms with Crippen molar-refractivity contribution in [3.8, 4) is 5.75 Å². The molecule has 0 aliphatic heterocycles. The molecule has 0 saturated carbocycles. The second-order valence-corrected chi connectivity index (χ2v) is 5.16. The van der Waals surface area contributed by atoms with Crippen LogP contribution in [0.5, 0.6) is 5.75 Å². The van der Waals surface area contributed by atoms with Crippen LogP contribution in [0.25, 0.3) is 0 Å². The first-order chi connectivity index (χ1) is 9.60. The van der Waals surface area contributed by atoms with Crippen LogP contribution in [0.1, 0.15) is 11.1 Å². The van der Waals surface area contributed by atoms with E-state index in [-0.39, 0.29) is 0 Å². The van der Waals surface area contributed by atoms with Gasteiger partial charge in [0.15, 0.2) is 0 Å². The Balaban J connectivity index is 1.94. The molecule has 20 heavy (non-hydrogen) atoms. The maximum absolute atomic E-state index is 13.4. The summed E-state index contributed by atoms with van der Waals surface area (Å²) in [6.07, 6.45) is 0. The molecular weight excluding hydrogens is 328 g/mol. The Bertz CT molecular complexity index is 604. The van der Waals surface area contributed by atoms with Gasteiger partial charge >= 0.3 is 0 Å². The highest BCUT2D eigenvalue weighted by molar-refractivity contribution is 9.10. The average molecular weight is 342 g/mol. The van der Waals surface area contributed by atoms with Gasteiger partial charge in [-0.05, 0) is 39.7 Å². The molecular formula is C15H14BrF2NO. The molecule has 0 spiro atoms. The van der Waals surface area contributed by atoms with Gasteiger partial charge in [-0.1, -0.05) is 12.1 Å². The van der Waals surface area contributed by atoms with E-state index in [1.54, 1.807) is 7.11 Å². The second-order valence-electron chi connectivity index (χ2n) is 4.31. The molecule has 2 rings (SSSR count). The first kappa shape index (κ1) is 14.9. The number of methoxy groups -OCH3 is 1. The van der Waals surface area contributed by atoms with E-state index in [2.05, 4.69) is 21.2 Å². The molecule has 0 fully saturated rings. The molecule has 2 nitrogen and oxygen atoms in total. The molecule has 5 heteroatoms. The molecule has 0 saturated heterocycles. The summed E-state index contributed by atoms with van der Waals surface area (Å²) in [5.74, 6) is -0.336. The van der Waals surface area contributed by atoms with E-state index in [1.165, 1.54) is 12.1 Å². The van der Waals surface area contributed by atoms with E-state index in [4.69, 9.17) is 4.74 Å². The van der Waals surface area contributed by atoms with Gasteiger partial charge in [-0.2, -0.15) is 0 Å². The first-order valence-electron chi connectivity index (χ1n) is 6.07. The summed E-state index contributed by atoms with van der Waals surface area (Å²) in [4.78, 5) is 0. The van der Waals surface area contributed by atoms with Crippen LogP contribution in [-0.2, 0) is 13.1 Å². The zero-order valence-corrected chi connectivity index (χ0v) is 12.5. The van der Waals surface area contributed by atoms with E-state index in [0.717, 1.165) is 21.9 Å². The summed E-state index contributed by atoms with van der Waals surface area (Å²) in [7, 11) is 1.61. The molecule has 0 heterocycles. The van der Waals surface area contributed by atoms with Crippen molar-refractivity contribution < 1.29 is 13.5 Å². The zero-order chi connectivity index (χ0) is 14.5. The molecule has 0 aliphatic rings. The van der Waals surface area contributed by atoms with E-state index >= 15 is 0 Å². The van der Waals surface area contributed by atoms with Gasteiger partial charge in [-0.15, -0.1) is 0 Å². The maximum atomic E-state index is 13.4. The number of benzene rings is 2. The van der Waals surface area contributed by atoms with Crippen LogP contribution < -0.4 is 10.1 Å². The number of rotatable bonds is 5. The van der Waals surface area contributed by atoms with Crippen molar-refractivity contribution >= 4 is 15.9 Å². The minimum Gasteiger partial charge on any atom is -0.496 e. The molecule has 2 aromatic rings. The van der Waals surface area contributed by atoms with Gasteiger partial charge in [0.05, 0.1) is 11.6 Å². The van der Waals surface area contributed by atoms with Crippen molar-refractivity contribution in [1.82, 2.24) is 5.32 Å². The Morgan fingerprint density at radius 1 is 1.10 bits per heavy atom. The lowest BCUT2D eigenvalue weighted by molar-refractivity contribution is 0.412. The predicted molar refractivity (Wildman–Crippen MR) is 77.6 cm³/mol. The van der Waals surface area contributed by atoms with Crippen molar-refractivity contribution in [3.05, 3.63) is 63.6 Å². The van der Waals surface area contributed by atoms with Crippen molar-refractivity contribution in [2.75, 3.05) is 7.11 Å². The fourth-order valence-corrected chi connectivity index (χ4v) is 2.41. The van der Waals surface area contributed by atoms with Gasteiger partial charge in [0, 0.05) is 24.7 Å². The third-order valence-corrected chi connectivity index (χ3v) is 3.50. The van der Waals surface area contributed by atoms with E-state index in [9.17, 15) is 8.78 Å². The smallest absolute Gasteiger partial charge is 0.133 e. The quantitative estimate of drug-likeness (QED) is 0.886. The first-order valence-corrected chi connectivity index (χ1v) is 6.86. The lowest BCUT2D eigenvalue weighted by Gasteiger charge is -2.08. The van der Waals surface area contributed by atoms with E-state index in [1.807, 2.05) is 18.2 Å². The van der Waals surface area contributed by atoms with Gasteiger partial charge < -0.3 is 10.1 Å². The van der Waals surface area contributed by atoms with Crippen LogP contribution in [0.15, 0.2) is 40.9 Å². The molecule has 106 valence electrons. The lowest BCUT2D eigenvalue weighted by Crippen LogP contribution is -2.13. The predicted octanol–water partition coefficient (Wildman–Crippen LogP) is 4.03. The van der Waals surface area contributed by atoms with E-state index < -0.39 is 11.6 Å². The maximum Gasteiger partial charge on any atom is 0.133 e. The Morgan fingerprint density at radius 2 is 1.90 bits per heavy atom. The summed E-state index contributed by atoms with van der Waals surface area (Å²) in [5, 5.41) is 3.12. The SMILES string of the molecule is COc1ccc(CNCc2ccc(F)cc2F)cc1Br. The summed E-state index contributed by atoms with van der Waals surface area (Å²) in [5.41, 5.74) is 1.49. The standard InChI is InChI=1S/C15H14BrF2NO/c1-20-15-5-2-10(6-13(15)16)8-19-9-11-3-4-12(17)7-14(11)18/h2-7,19H,8-9H2,1H3. The van der Waals surface area contributed by atoms with Crippen LogP contribution in [-0.4, -0.2) is 7.11 Å². The molecule has 2 aromatic carbocycles. The highest BCUT2D eigenvalue weighted by atomic mass is 79.9. The zero-order valence-electron chi connectivity index (χ0n) is 10.9. The third kappa shape index (κ3) is 3.77. The van der Waals surface area contributed by atoms with Crippen LogP contribution >= 0.6 is 15.9 Å². The fourth-order valence-electron chi connectivity index (χ4n) is 1.83. The molecule has 0 amide bonds. The molecule has 0 aromatic heterocycles. The number of hydrogen-bond donors (Lipinski definition) is 1. The molecule has 0 bridgehead atoms. The average Bonchev–Trinajstić information content (AvgIpc) is 2.41. The van der Waals surface area contributed by atoms with Crippen LogP contribution in [0.3, 0.4) is 0 Å². The van der Waals surface area contributed by atoms with E-state index in [0.29, 0.717) is 18.7 Å². The van der Waals surface area contributed by atoms with Gasteiger partial charge in [-0.3, -0.25) is 0 Å². The van der Waals surface area contributed by atoms with Gasteiger partial charge in [-0.25, -0.2) is 8.78 Å². The van der Waals surface area contributed by atoms with Crippen molar-refractivity contribution in [3.63, 3.8) is 0 Å². The summed E-state index contributed by atoms with van der Waals surface area (Å²) < 4.78 is 32.2. The lowest BCUT2D eigenvalue weighted by atomic mass is 10.2. The molecule has 0 atom stereocenters. The topological polar surface area (TPSA) is 21.3 Å². The third-order valence-electron chi connectivity index (χ3n) is 2.88. The summed E-state index contributed by atoms with van der Waals surface area (Å²) in [6.45, 7) is 0.926. The number of ether oxygens (including phenoxy) is 1. The molecule has 0 unspecified atom stereocenters. The second kappa shape index (κ2) is 6.81. The molecule has 0 aliphatic carbocycles. The fraction of sp³-hybridized carbons (Fsp3) is 0.200.